The Kier molecular flexibility index (Phi) is 26.7. The number of imide groups is 1. The van der Waals surface area contributed by atoms with E-state index in [1.807, 2.05) is 90.1 Å². The normalized spacial score (nSPS) is 12.6. The van der Waals surface area contributed by atoms with E-state index in [-0.39, 0.29) is 43.5 Å². The smallest absolute Gasteiger partial charge is 0.338 e. The highest BCUT2D eigenvalue weighted by atomic mass is 16.7. The first-order valence-corrected chi connectivity index (χ1v) is 24.0. The molecule has 2 N–H and O–H groups in total. The van der Waals surface area contributed by atoms with E-state index in [1.165, 1.54) is 49.7 Å². The monoisotopic (exact) mass is 907 g/mol. The number of carbonyl (C=O) groups is 7. The molecular formula is C52H78N2O11. The topological polar surface area (TPSA) is 183 Å². The Morgan fingerprint density at radius 1 is 0.523 bits per heavy atom. The van der Waals surface area contributed by atoms with Crippen LogP contribution in [0.25, 0.3) is 0 Å². The minimum absolute atomic E-state index is 0.0227. The zero-order chi connectivity index (χ0) is 48.1. The number of unbranched alkanes of at least 4 members (excludes halogenated alkanes) is 14. The molecule has 13 nitrogen and oxygen atoms in total. The highest BCUT2D eigenvalue weighted by molar-refractivity contribution is 6.01. The number of carbonyl (C=O) groups excluding carboxylic acids is 6. The Hall–Kier alpha value is -5.07. The standard InChI is InChI=1S/C26H37NO6.C26H41NO5/c1-26(2,3)32-25(31)21-16-14-20(15-17-21)12-10-8-6-4-5-7-9-11-13-24(30)33-27-22(28)18-19-23(27)29;1-26(2,3)32-25(31)22-18-16-21(17-19-22)13-10-8-6-4-5-7-9-11-14-23(28)27-20-12-15-24(29)30/h14-17H,4-13,18-19H2,1-3H3;16-19H,4-15,20H2,1-3H3,(H,27,28)(H,29,30). The van der Waals surface area contributed by atoms with E-state index in [0.29, 0.717) is 42.0 Å². The second kappa shape index (κ2) is 31.0. The molecule has 3 rings (SSSR count). The van der Waals surface area contributed by atoms with Gasteiger partial charge in [-0.05, 0) is 122 Å². The van der Waals surface area contributed by atoms with Gasteiger partial charge in [0, 0.05) is 38.6 Å². The Bertz CT molecular complexity index is 1740. The number of aryl methyl sites for hydroxylation is 2. The van der Waals surface area contributed by atoms with Crippen LogP contribution in [-0.2, 0) is 51.1 Å². The molecule has 0 aromatic heterocycles. The van der Waals surface area contributed by atoms with Gasteiger partial charge in [-0.15, -0.1) is 5.06 Å². The third-order valence-electron chi connectivity index (χ3n) is 10.5. The fourth-order valence-electron chi connectivity index (χ4n) is 6.98. The predicted octanol–water partition coefficient (Wildman–Crippen LogP) is 11.0. The molecular weight excluding hydrogens is 829 g/mol. The fourth-order valence-corrected chi connectivity index (χ4v) is 6.98. The van der Waals surface area contributed by atoms with Crippen LogP contribution in [0.3, 0.4) is 0 Å². The molecule has 1 aliphatic heterocycles. The van der Waals surface area contributed by atoms with Crippen molar-refractivity contribution < 1.29 is 53.0 Å². The molecule has 0 atom stereocenters. The summed E-state index contributed by atoms with van der Waals surface area (Å²) in [5, 5.41) is 11.9. The number of rotatable bonds is 29. The Morgan fingerprint density at radius 3 is 1.28 bits per heavy atom. The summed E-state index contributed by atoms with van der Waals surface area (Å²) >= 11 is 0. The van der Waals surface area contributed by atoms with E-state index in [0.717, 1.165) is 70.6 Å². The lowest BCUT2D eigenvalue weighted by molar-refractivity contribution is -0.197. The number of nitrogens with zero attached hydrogens (tertiary/aromatic N) is 1. The SMILES string of the molecule is CC(C)(C)OC(=O)c1ccc(CCCCCCCCCCC(=O)NCCCC(=O)O)cc1.CC(C)(C)OC(=O)c1ccc(CCCCCCCCCCC(=O)ON2C(=O)CCC2=O)cc1. The van der Waals surface area contributed by atoms with Gasteiger partial charge >= 0.3 is 23.9 Å². The van der Waals surface area contributed by atoms with Crippen molar-refractivity contribution in [3.05, 3.63) is 70.8 Å². The summed E-state index contributed by atoms with van der Waals surface area (Å²) in [5.74, 6) is -2.76. The summed E-state index contributed by atoms with van der Waals surface area (Å²) in [6.45, 7) is 11.6. The molecule has 3 amide bonds. The third kappa shape index (κ3) is 27.8. The number of hydrogen-bond donors (Lipinski definition) is 2. The summed E-state index contributed by atoms with van der Waals surface area (Å²) in [7, 11) is 0. The number of esters is 2. The van der Waals surface area contributed by atoms with Crippen LogP contribution in [0.1, 0.15) is 215 Å². The van der Waals surface area contributed by atoms with Crippen molar-refractivity contribution in [3.8, 4) is 0 Å². The maximum absolute atomic E-state index is 12.1. The van der Waals surface area contributed by atoms with Gasteiger partial charge in [0.25, 0.3) is 11.8 Å². The Morgan fingerprint density at radius 2 is 0.892 bits per heavy atom. The highest BCUT2D eigenvalue weighted by Gasteiger charge is 2.32. The van der Waals surface area contributed by atoms with Crippen LogP contribution in [0.5, 0.6) is 0 Å². The molecule has 0 bridgehead atoms. The molecule has 0 saturated carbocycles. The summed E-state index contributed by atoms with van der Waals surface area (Å²) in [6.07, 6.45) is 21.1. The van der Waals surface area contributed by atoms with Gasteiger partial charge < -0.3 is 24.7 Å². The lowest BCUT2D eigenvalue weighted by Gasteiger charge is -2.19. The molecule has 13 heteroatoms. The van der Waals surface area contributed by atoms with Crippen LogP contribution < -0.4 is 5.32 Å². The average Bonchev–Trinajstić information content (AvgIpc) is 3.55. The third-order valence-corrected chi connectivity index (χ3v) is 10.5. The summed E-state index contributed by atoms with van der Waals surface area (Å²) in [4.78, 5) is 85.6. The molecule has 0 radical (unpaired) electrons. The summed E-state index contributed by atoms with van der Waals surface area (Å²) in [5.41, 5.74) is 2.69. The molecule has 2 aromatic carbocycles. The number of ether oxygens (including phenoxy) is 2. The van der Waals surface area contributed by atoms with Crippen molar-refractivity contribution >= 4 is 41.6 Å². The molecule has 1 fully saturated rings. The minimum Gasteiger partial charge on any atom is -0.481 e. The highest BCUT2D eigenvalue weighted by Crippen LogP contribution is 2.18. The van der Waals surface area contributed by atoms with E-state index in [2.05, 4.69) is 5.32 Å². The van der Waals surface area contributed by atoms with Gasteiger partial charge in [0.05, 0.1) is 11.1 Å². The van der Waals surface area contributed by atoms with E-state index in [1.54, 1.807) is 0 Å². The van der Waals surface area contributed by atoms with Crippen LogP contribution in [0, 0.1) is 0 Å². The maximum atomic E-state index is 12.1. The lowest BCUT2D eigenvalue weighted by atomic mass is 10.0. The van der Waals surface area contributed by atoms with Crippen molar-refractivity contribution in [2.45, 2.75) is 207 Å². The van der Waals surface area contributed by atoms with Crippen LogP contribution in [-0.4, -0.2) is 69.5 Å². The van der Waals surface area contributed by atoms with Crippen LogP contribution in [0.4, 0.5) is 0 Å². The van der Waals surface area contributed by atoms with Gasteiger partial charge in [-0.2, -0.15) is 0 Å². The predicted molar refractivity (Wildman–Crippen MR) is 251 cm³/mol. The van der Waals surface area contributed by atoms with Crippen molar-refractivity contribution in [1.29, 1.82) is 0 Å². The molecule has 65 heavy (non-hydrogen) atoms. The molecule has 0 spiro atoms. The zero-order valence-electron chi connectivity index (χ0n) is 40.3. The van der Waals surface area contributed by atoms with Gasteiger partial charge in [0.15, 0.2) is 0 Å². The number of carboxylic acids is 1. The first-order chi connectivity index (χ1) is 30.8. The number of benzene rings is 2. The molecule has 2 aromatic rings. The van der Waals surface area contributed by atoms with Gasteiger partial charge in [0.2, 0.25) is 5.91 Å². The summed E-state index contributed by atoms with van der Waals surface area (Å²) in [6, 6.07) is 15.4. The second-order valence-corrected chi connectivity index (χ2v) is 18.9. The van der Waals surface area contributed by atoms with Crippen LogP contribution >= 0.6 is 0 Å². The lowest BCUT2D eigenvalue weighted by Crippen LogP contribution is -2.31. The molecule has 1 heterocycles. The summed E-state index contributed by atoms with van der Waals surface area (Å²) < 4.78 is 10.8. The molecule has 1 aliphatic rings. The van der Waals surface area contributed by atoms with E-state index < -0.39 is 35.0 Å². The van der Waals surface area contributed by atoms with Gasteiger partial charge in [-0.1, -0.05) is 101 Å². The van der Waals surface area contributed by atoms with E-state index in [9.17, 15) is 33.6 Å². The van der Waals surface area contributed by atoms with Gasteiger partial charge in [-0.3, -0.25) is 19.2 Å². The van der Waals surface area contributed by atoms with Crippen molar-refractivity contribution in [3.63, 3.8) is 0 Å². The van der Waals surface area contributed by atoms with Crippen molar-refractivity contribution in [2.24, 2.45) is 0 Å². The second-order valence-electron chi connectivity index (χ2n) is 18.9. The number of amides is 3. The quantitative estimate of drug-likeness (QED) is 0.0450. The molecule has 1 saturated heterocycles. The van der Waals surface area contributed by atoms with Crippen molar-refractivity contribution in [1.82, 2.24) is 10.4 Å². The fraction of sp³-hybridized carbons (Fsp3) is 0.635. The maximum Gasteiger partial charge on any atom is 0.338 e. The number of nitrogens with one attached hydrogen (secondary N) is 1. The average molecular weight is 907 g/mol. The first kappa shape index (κ1) is 56.1. The zero-order valence-corrected chi connectivity index (χ0v) is 40.3. The van der Waals surface area contributed by atoms with E-state index >= 15 is 0 Å². The molecule has 362 valence electrons. The number of aliphatic carboxylic acids is 1. The van der Waals surface area contributed by atoms with Crippen LogP contribution in [0.15, 0.2) is 48.5 Å². The Labute approximate surface area is 388 Å². The number of hydrogen-bond acceptors (Lipinski definition) is 10. The van der Waals surface area contributed by atoms with Crippen molar-refractivity contribution in [2.75, 3.05) is 6.54 Å². The molecule has 0 unspecified atom stereocenters. The van der Waals surface area contributed by atoms with Crippen LogP contribution in [0.2, 0.25) is 0 Å². The Balaban J connectivity index is 0.000000447. The van der Waals surface area contributed by atoms with Gasteiger partial charge in [0.1, 0.15) is 11.2 Å². The molecule has 0 aliphatic carbocycles. The first-order valence-electron chi connectivity index (χ1n) is 24.0. The van der Waals surface area contributed by atoms with Gasteiger partial charge in [-0.25, -0.2) is 14.4 Å². The number of hydroxylamine groups is 2. The van der Waals surface area contributed by atoms with E-state index in [4.69, 9.17) is 19.4 Å². The largest absolute Gasteiger partial charge is 0.481 e. The minimum atomic E-state index is -0.826. The number of carboxylic acid groups (broad SMARTS) is 1.